The predicted molar refractivity (Wildman–Crippen MR) is 168 cm³/mol. The van der Waals surface area contributed by atoms with Crippen LogP contribution >= 0.6 is 23.2 Å². The molecule has 0 unspecified atom stereocenters. The molecular formula is C32H29Cl2FN8. The van der Waals surface area contributed by atoms with E-state index in [1.54, 1.807) is 12.1 Å². The third kappa shape index (κ3) is 6.13. The number of fused-ring (bicyclic) bond motifs is 1. The first-order chi connectivity index (χ1) is 20.7. The average molecular weight is 616 g/mol. The van der Waals surface area contributed by atoms with Gasteiger partial charge in [0.15, 0.2) is 0 Å². The van der Waals surface area contributed by atoms with Gasteiger partial charge in [0, 0.05) is 28.5 Å². The first-order valence-corrected chi connectivity index (χ1v) is 14.7. The molecule has 0 spiro atoms. The third-order valence-electron chi connectivity index (χ3n) is 7.70. The molecule has 3 N–H and O–H groups in total. The zero-order chi connectivity index (χ0) is 30.1. The monoisotopic (exact) mass is 614 g/mol. The van der Waals surface area contributed by atoms with Crippen LogP contribution < -0.4 is 16.0 Å². The summed E-state index contributed by atoms with van der Waals surface area (Å²) in [7, 11) is 0. The normalized spacial score (nSPS) is 16.9. The van der Waals surface area contributed by atoms with Gasteiger partial charge < -0.3 is 16.0 Å². The number of nitrogens with one attached hydrogen (secondary N) is 3. The molecule has 11 heteroatoms. The number of nitriles is 1. The maximum absolute atomic E-state index is 13.8. The topological polar surface area (TPSA) is 103 Å². The zero-order valence-electron chi connectivity index (χ0n) is 23.6. The summed E-state index contributed by atoms with van der Waals surface area (Å²) in [6, 6.07) is 20.1. The second-order valence-electron chi connectivity index (χ2n) is 11.3. The zero-order valence-corrected chi connectivity index (χ0v) is 25.1. The molecule has 0 radical (unpaired) electrons. The predicted octanol–water partition coefficient (Wildman–Crippen LogP) is 7.79. The molecule has 0 bridgehead atoms. The smallest absolute Gasteiger partial charge is 0.141 e. The molecule has 6 rings (SSSR count). The van der Waals surface area contributed by atoms with E-state index in [0.29, 0.717) is 38.6 Å². The molecule has 3 heterocycles. The van der Waals surface area contributed by atoms with Gasteiger partial charge in [-0.15, -0.1) is 5.10 Å². The second kappa shape index (κ2) is 11.8. The Balaban J connectivity index is 1.39. The van der Waals surface area contributed by atoms with Gasteiger partial charge in [-0.1, -0.05) is 58.7 Å². The van der Waals surface area contributed by atoms with Crippen LogP contribution in [-0.2, 0) is 0 Å². The Bertz CT molecular complexity index is 1830. The quantitative estimate of drug-likeness (QED) is 0.172. The van der Waals surface area contributed by atoms with Gasteiger partial charge in [-0.25, -0.2) is 9.07 Å². The highest BCUT2D eigenvalue weighted by Crippen LogP contribution is 2.37. The number of anilines is 3. The number of hydrogen-bond donors (Lipinski definition) is 3. The van der Waals surface area contributed by atoms with Crippen LogP contribution in [0.15, 0.2) is 73.1 Å². The van der Waals surface area contributed by atoms with E-state index in [4.69, 9.17) is 23.2 Å². The molecule has 0 amide bonds. The van der Waals surface area contributed by atoms with Gasteiger partial charge in [0.1, 0.15) is 17.6 Å². The van der Waals surface area contributed by atoms with Crippen LogP contribution in [0.5, 0.6) is 0 Å². The van der Waals surface area contributed by atoms with E-state index < -0.39 is 5.82 Å². The molecule has 5 aromatic rings. The molecule has 0 saturated carbocycles. The number of hydrogen-bond acceptors (Lipinski definition) is 7. The summed E-state index contributed by atoms with van der Waals surface area (Å²) in [6.07, 6.45) is 5.39. The molecule has 1 aliphatic rings. The lowest BCUT2D eigenvalue weighted by molar-refractivity contribution is 0.219. The highest BCUT2D eigenvalue weighted by Gasteiger charge is 2.30. The van der Waals surface area contributed by atoms with Crippen LogP contribution in [0.3, 0.4) is 0 Å². The standard InChI is InChI=1S/C32H29Cl2FN8/c1-32(2)15-23(10-11-38-32)43-18-28(41-42-43)30(19-6-4-3-5-7-19)40-22-12-24-29(39-21-8-9-27(35)25(33)13-21)20(16-36)17-37-31(24)26(34)14-22/h3-9,12-14,17-18,23,30,38,40H,10-11,15H2,1-2H3,(H,37,39)/t23-,30-/m1/s1. The van der Waals surface area contributed by atoms with E-state index in [1.807, 2.05) is 47.3 Å². The Morgan fingerprint density at radius 2 is 1.88 bits per heavy atom. The molecule has 218 valence electrons. The molecule has 1 fully saturated rings. The number of rotatable bonds is 7. The van der Waals surface area contributed by atoms with Gasteiger partial charge in [0.25, 0.3) is 0 Å². The SMILES string of the molecule is CC1(C)C[C@H](n2cc([C@H](Nc3cc(Cl)c4ncc(C#N)c(Nc5ccc(F)c(Cl)c5)c4c3)c3ccccc3)nn2)CCN1. The first-order valence-electron chi connectivity index (χ1n) is 13.9. The number of piperidine rings is 1. The number of pyridine rings is 1. The lowest BCUT2D eigenvalue weighted by atomic mass is 9.89. The third-order valence-corrected chi connectivity index (χ3v) is 8.28. The summed E-state index contributed by atoms with van der Waals surface area (Å²) < 4.78 is 15.8. The van der Waals surface area contributed by atoms with E-state index in [2.05, 4.69) is 51.2 Å². The summed E-state index contributed by atoms with van der Waals surface area (Å²) in [6.45, 7) is 5.33. The molecule has 3 aromatic carbocycles. The van der Waals surface area contributed by atoms with Crippen molar-refractivity contribution in [1.82, 2.24) is 25.3 Å². The molecule has 0 aliphatic carbocycles. The van der Waals surface area contributed by atoms with Crippen molar-refractivity contribution >= 4 is 51.2 Å². The second-order valence-corrected chi connectivity index (χ2v) is 12.1. The fourth-order valence-corrected chi connectivity index (χ4v) is 6.04. The number of nitrogens with zero attached hydrogens (tertiary/aromatic N) is 5. The lowest BCUT2D eigenvalue weighted by Gasteiger charge is -2.36. The summed E-state index contributed by atoms with van der Waals surface area (Å²) >= 11 is 12.8. The van der Waals surface area contributed by atoms with Gasteiger partial charge in [-0.2, -0.15) is 5.26 Å². The van der Waals surface area contributed by atoms with Crippen molar-refractivity contribution in [3.8, 4) is 6.07 Å². The van der Waals surface area contributed by atoms with Crippen molar-refractivity contribution in [3.63, 3.8) is 0 Å². The van der Waals surface area contributed by atoms with E-state index >= 15 is 0 Å². The Morgan fingerprint density at radius 1 is 1.09 bits per heavy atom. The summed E-state index contributed by atoms with van der Waals surface area (Å²) in [5, 5.41) is 30.4. The van der Waals surface area contributed by atoms with Crippen LogP contribution in [-0.4, -0.2) is 32.1 Å². The highest BCUT2D eigenvalue weighted by molar-refractivity contribution is 6.36. The van der Waals surface area contributed by atoms with Gasteiger partial charge in [-0.05, 0) is 69.1 Å². The number of aromatic nitrogens is 4. The number of benzene rings is 3. The lowest BCUT2D eigenvalue weighted by Crippen LogP contribution is -2.46. The minimum absolute atomic E-state index is 0.0231. The Hall–Kier alpha value is -4.23. The summed E-state index contributed by atoms with van der Waals surface area (Å²) in [5.74, 6) is -0.533. The molecular weight excluding hydrogens is 586 g/mol. The van der Waals surface area contributed by atoms with E-state index in [1.165, 1.54) is 18.3 Å². The van der Waals surface area contributed by atoms with Crippen molar-refractivity contribution in [2.75, 3.05) is 17.2 Å². The minimum Gasteiger partial charge on any atom is -0.373 e. The minimum atomic E-state index is -0.533. The Kier molecular flexibility index (Phi) is 7.93. The first kappa shape index (κ1) is 28.9. The fraction of sp³-hybridized carbons (Fsp3) is 0.250. The summed E-state index contributed by atoms with van der Waals surface area (Å²) in [5.41, 5.74) is 4.30. The average Bonchev–Trinajstić information content (AvgIpc) is 3.48. The van der Waals surface area contributed by atoms with Gasteiger partial charge in [0.2, 0.25) is 0 Å². The van der Waals surface area contributed by atoms with Gasteiger partial charge in [0.05, 0.1) is 45.1 Å². The van der Waals surface area contributed by atoms with Crippen molar-refractivity contribution in [3.05, 3.63) is 106 Å². The highest BCUT2D eigenvalue weighted by atomic mass is 35.5. The van der Waals surface area contributed by atoms with Crippen molar-refractivity contribution < 1.29 is 4.39 Å². The van der Waals surface area contributed by atoms with Crippen molar-refractivity contribution in [2.24, 2.45) is 0 Å². The molecule has 8 nitrogen and oxygen atoms in total. The molecule has 43 heavy (non-hydrogen) atoms. The Labute approximate surface area is 258 Å². The van der Waals surface area contributed by atoms with E-state index in [0.717, 1.165) is 30.6 Å². The summed E-state index contributed by atoms with van der Waals surface area (Å²) in [4.78, 5) is 4.45. The van der Waals surface area contributed by atoms with E-state index in [9.17, 15) is 9.65 Å². The van der Waals surface area contributed by atoms with Gasteiger partial charge >= 0.3 is 0 Å². The molecule has 2 atom stereocenters. The number of halogens is 3. The molecule has 1 aliphatic heterocycles. The fourth-order valence-electron chi connectivity index (χ4n) is 5.59. The molecule has 1 saturated heterocycles. The molecule has 2 aromatic heterocycles. The van der Waals surface area contributed by atoms with Gasteiger partial charge in [-0.3, -0.25) is 4.98 Å². The van der Waals surface area contributed by atoms with Crippen LogP contribution in [0, 0.1) is 17.1 Å². The van der Waals surface area contributed by atoms with Crippen LogP contribution in [0.4, 0.5) is 21.5 Å². The van der Waals surface area contributed by atoms with Crippen LogP contribution in [0.1, 0.15) is 55.6 Å². The van der Waals surface area contributed by atoms with Crippen LogP contribution in [0.2, 0.25) is 10.0 Å². The maximum Gasteiger partial charge on any atom is 0.141 e. The van der Waals surface area contributed by atoms with Crippen LogP contribution in [0.25, 0.3) is 10.9 Å². The largest absolute Gasteiger partial charge is 0.373 e. The maximum atomic E-state index is 13.8. The van der Waals surface area contributed by atoms with E-state index in [-0.39, 0.29) is 22.6 Å². The van der Waals surface area contributed by atoms with Crippen molar-refractivity contribution in [2.45, 2.75) is 44.3 Å². The van der Waals surface area contributed by atoms with Crippen molar-refractivity contribution in [1.29, 1.82) is 5.26 Å². The Morgan fingerprint density at radius 3 is 2.63 bits per heavy atom.